The average molecular weight is 624 g/mol. The molecule has 1 atom stereocenters. The fourth-order valence-electron chi connectivity index (χ4n) is 4.53. The number of carbonyl (C=O) groups excluding carboxylic acids is 1. The number of amides is 1. The first-order valence-corrected chi connectivity index (χ1v) is 15.1. The number of aromatic nitrogens is 5. The third-order valence-electron chi connectivity index (χ3n) is 6.49. The van der Waals surface area contributed by atoms with Gasteiger partial charge in [-0.1, -0.05) is 17.7 Å². The first-order chi connectivity index (χ1) is 20.3. The van der Waals surface area contributed by atoms with Crippen LogP contribution in [0.1, 0.15) is 40.1 Å². The van der Waals surface area contributed by atoms with Crippen molar-refractivity contribution in [3.05, 3.63) is 86.8 Å². The Labute approximate surface area is 251 Å². The number of nitrogens with one attached hydrogen (secondary N) is 2. The molecule has 222 valence electrons. The van der Waals surface area contributed by atoms with Crippen molar-refractivity contribution in [2.24, 2.45) is 0 Å². The second-order valence-electron chi connectivity index (χ2n) is 9.82. The van der Waals surface area contributed by atoms with Crippen LogP contribution in [0.25, 0.3) is 28.0 Å². The van der Waals surface area contributed by atoms with Gasteiger partial charge in [0, 0.05) is 17.3 Å². The summed E-state index contributed by atoms with van der Waals surface area (Å²) in [6.45, 7) is 5.35. The summed E-state index contributed by atoms with van der Waals surface area (Å²) in [5, 5.41) is 7.95. The molecule has 0 unspecified atom stereocenters. The van der Waals surface area contributed by atoms with Crippen molar-refractivity contribution in [3.63, 3.8) is 0 Å². The molecule has 0 fully saturated rings. The highest BCUT2D eigenvalue weighted by atomic mass is 35.5. The Balaban J connectivity index is 1.57. The fraction of sp³-hybridized carbons (Fsp3) is 0.214. The van der Waals surface area contributed by atoms with Crippen LogP contribution in [0.5, 0.6) is 6.01 Å². The van der Waals surface area contributed by atoms with E-state index in [1.54, 1.807) is 42.5 Å². The molecule has 5 rings (SSSR count). The normalized spacial score (nSPS) is 12.2. The maximum absolute atomic E-state index is 13.6. The molecule has 0 saturated carbocycles. The van der Waals surface area contributed by atoms with Crippen LogP contribution in [-0.2, 0) is 10.0 Å². The molecule has 1 aromatic carbocycles. The first kappa shape index (κ1) is 29.7. The number of fused-ring (bicyclic) bond motifs is 1. The average Bonchev–Trinajstić information content (AvgIpc) is 3.45. The molecule has 0 aliphatic rings. The molecule has 4 aromatic heterocycles. The van der Waals surface area contributed by atoms with E-state index in [1.807, 2.05) is 24.6 Å². The summed E-state index contributed by atoms with van der Waals surface area (Å²) >= 11 is 6.01. The highest BCUT2D eigenvalue weighted by molar-refractivity contribution is 7.89. The Morgan fingerprint density at radius 2 is 1.86 bits per heavy atom. The van der Waals surface area contributed by atoms with E-state index in [-0.39, 0.29) is 28.0 Å². The number of nitrogens with zero attached hydrogens (tertiary/aromatic N) is 5. The topological polar surface area (TPSA) is 171 Å². The highest BCUT2D eigenvalue weighted by Gasteiger charge is 2.23. The molecule has 43 heavy (non-hydrogen) atoms. The molecule has 13 nitrogen and oxygen atoms in total. The standard InChI is InChI=1S/C28H26ClN7O6S/c1-14-8-19(16(3)33-21-6-7-22(29)34-23(21)27(38)35-43(5,39)40)26-20(9-14)24(37)15(2)25(42-26)17-10-32-36(13-17)18-11-30-28(41-4)31-12-18/h6-13,16,33H,1-5H3,(H,35,38)/t16-/m1/s1. The molecule has 4 heterocycles. The SMILES string of the molecule is COc1ncc(-n2cc(-c3oc4c([C@@H](C)Nc5ccc(Cl)nc5C(=O)NS(C)(=O)=O)cc(C)cc4c(=O)c3C)cn2)cn1. The lowest BCUT2D eigenvalue weighted by Crippen LogP contribution is -2.31. The van der Waals surface area contributed by atoms with E-state index in [9.17, 15) is 18.0 Å². The van der Waals surface area contributed by atoms with Gasteiger partial charge in [0.25, 0.3) is 5.91 Å². The number of carbonyl (C=O) groups is 1. The molecule has 0 aliphatic carbocycles. The van der Waals surface area contributed by atoms with Crippen LogP contribution in [0, 0.1) is 13.8 Å². The van der Waals surface area contributed by atoms with Crippen LogP contribution in [0.3, 0.4) is 0 Å². The minimum atomic E-state index is -3.85. The minimum Gasteiger partial charge on any atom is -0.467 e. The van der Waals surface area contributed by atoms with Crippen LogP contribution < -0.4 is 20.2 Å². The maximum Gasteiger partial charge on any atom is 0.316 e. The van der Waals surface area contributed by atoms with Gasteiger partial charge in [-0.2, -0.15) is 5.10 Å². The number of methoxy groups -OCH3 is 1. The van der Waals surface area contributed by atoms with Gasteiger partial charge in [0.1, 0.15) is 22.2 Å². The molecule has 15 heteroatoms. The second kappa shape index (κ2) is 11.5. The number of hydrogen-bond donors (Lipinski definition) is 2. The lowest BCUT2D eigenvalue weighted by Gasteiger charge is -2.20. The zero-order chi connectivity index (χ0) is 31.1. The van der Waals surface area contributed by atoms with Crippen molar-refractivity contribution in [1.29, 1.82) is 0 Å². The largest absolute Gasteiger partial charge is 0.467 e. The second-order valence-corrected chi connectivity index (χ2v) is 12.0. The molecule has 0 bridgehead atoms. The number of halogens is 1. The summed E-state index contributed by atoms with van der Waals surface area (Å²) in [6.07, 6.45) is 7.24. The smallest absolute Gasteiger partial charge is 0.316 e. The molecular formula is C28H26ClN7O6S. The number of hydrogen-bond acceptors (Lipinski definition) is 11. The molecule has 2 N–H and O–H groups in total. The van der Waals surface area contributed by atoms with E-state index in [4.69, 9.17) is 20.8 Å². The summed E-state index contributed by atoms with van der Waals surface area (Å²) in [4.78, 5) is 38.5. The predicted octanol–water partition coefficient (Wildman–Crippen LogP) is 3.97. The van der Waals surface area contributed by atoms with Gasteiger partial charge in [0.2, 0.25) is 10.0 Å². The Bertz CT molecular complexity index is 2040. The van der Waals surface area contributed by atoms with E-state index in [1.165, 1.54) is 19.2 Å². The van der Waals surface area contributed by atoms with E-state index < -0.39 is 22.0 Å². The number of pyridine rings is 1. The number of aryl methyl sites for hydroxylation is 1. The zero-order valence-electron chi connectivity index (χ0n) is 23.7. The highest BCUT2D eigenvalue weighted by Crippen LogP contribution is 2.33. The number of ether oxygens (including phenoxy) is 1. The van der Waals surface area contributed by atoms with Crippen molar-refractivity contribution in [2.45, 2.75) is 26.8 Å². The summed E-state index contributed by atoms with van der Waals surface area (Å²) in [5.74, 6) is -0.616. The fourth-order valence-corrected chi connectivity index (χ4v) is 5.11. The van der Waals surface area contributed by atoms with Crippen LogP contribution in [-0.4, -0.2) is 52.4 Å². The van der Waals surface area contributed by atoms with Crippen molar-refractivity contribution < 1.29 is 22.4 Å². The van der Waals surface area contributed by atoms with Crippen LogP contribution in [0.4, 0.5) is 5.69 Å². The van der Waals surface area contributed by atoms with Gasteiger partial charge in [-0.25, -0.2) is 32.8 Å². The Kier molecular flexibility index (Phi) is 7.90. The number of benzene rings is 1. The van der Waals surface area contributed by atoms with Gasteiger partial charge in [-0.15, -0.1) is 0 Å². The summed E-state index contributed by atoms with van der Waals surface area (Å²) in [7, 11) is -2.38. The van der Waals surface area contributed by atoms with Gasteiger partial charge >= 0.3 is 6.01 Å². The third kappa shape index (κ3) is 6.20. The van der Waals surface area contributed by atoms with E-state index in [2.05, 4.69) is 25.4 Å². The lowest BCUT2D eigenvalue weighted by atomic mass is 9.99. The van der Waals surface area contributed by atoms with Crippen LogP contribution in [0.2, 0.25) is 5.15 Å². The van der Waals surface area contributed by atoms with Crippen molar-refractivity contribution in [2.75, 3.05) is 18.7 Å². The molecular weight excluding hydrogens is 598 g/mol. The van der Waals surface area contributed by atoms with Gasteiger partial charge in [-0.3, -0.25) is 9.59 Å². The Hall–Kier alpha value is -4.82. The van der Waals surface area contributed by atoms with Crippen molar-refractivity contribution in [1.82, 2.24) is 29.5 Å². The van der Waals surface area contributed by atoms with Gasteiger partial charge < -0.3 is 14.5 Å². The third-order valence-corrected chi connectivity index (χ3v) is 7.26. The zero-order valence-corrected chi connectivity index (χ0v) is 25.2. The van der Waals surface area contributed by atoms with Gasteiger partial charge in [0.15, 0.2) is 11.1 Å². The van der Waals surface area contributed by atoms with E-state index >= 15 is 0 Å². The Morgan fingerprint density at radius 1 is 1.14 bits per heavy atom. The molecule has 1 amide bonds. The van der Waals surface area contributed by atoms with E-state index in [0.29, 0.717) is 39.1 Å². The van der Waals surface area contributed by atoms with Crippen LogP contribution >= 0.6 is 11.6 Å². The number of rotatable bonds is 8. The number of sulfonamides is 1. The summed E-state index contributed by atoms with van der Waals surface area (Å²) in [6, 6.07) is 6.28. The van der Waals surface area contributed by atoms with E-state index in [0.717, 1.165) is 11.8 Å². The summed E-state index contributed by atoms with van der Waals surface area (Å²) in [5.41, 5.74) is 3.10. The van der Waals surface area contributed by atoms with Gasteiger partial charge in [0.05, 0.1) is 54.6 Å². The minimum absolute atomic E-state index is 0.00530. The quantitative estimate of drug-likeness (QED) is 0.240. The van der Waals surface area contributed by atoms with Crippen molar-refractivity contribution in [3.8, 4) is 23.0 Å². The summed E-state index contributed by atoms with van der Waals surface area (Å²) < 4.78 is 38.2. The molecule has 0 saturated heterocycles. The first-order valence-electron chi connectivity index (χ1n) is 12.8. The van der Waals surface area contributed by atoms with Crippen molar-refractivity contribution >= 4 is 44.2 Å². The molecule has 0 spiro atoms. The maximum atomic E-state index is 13.6. The molecule has 0 radical (unpaired) electrons. The lowest BCUT2D eigenvalue weighted by molar-refractivity contribution is 0.0977. The number of anilines is 1. The molecule has 0 aliphatic heterocycles. The molecule has 5 aromatic rings. The predicted molar refractivity (Wildman–Crippen MR) is 160 cm³/mol. The Morgan fingerprint density at radius 3 is 2.53 bits per heavy atom. The monoisotopic (exact) mass is 623 g/mol. The van der Waals surface area contributed by atoms with Gasteiger partial charge in [-0.05, 0) is 44.5 Å². The van der Waals surface area contributed by atoms with Crippen LogP contribution in [0.15, 0.2) is 58.3 Å².